The van der Waals surface area contributed by atoms with Crippen molar-refractivity contribution in [3.05, 3.63) is 47.5 Å². The molecule has 0 amide bonds. The SMILES string of the molecule is C/C=C\C=C1/C(=N)C(OC)=CC=C1F. The molecule has 1 aliphatic rings. The second-order valence-corrected chi connectivity index (χ2v) is 2.73. The molecule has 1 aliphatic carbocycles. The second kappa shape index (κ2) is 4.56. The molecule has 0 aliphatic heterocycles. The summed E-state index contributed by atoms with van der Waals surface area (Å²) in [5, 5.41) is 7.64. The van der Waals surface area contributed by atoms with Gasteiger partial charge in [-0.1, -0.05) is 18.2 Å². The average Bonchev–Trinajstić information content (AvgIpc) is 2.18. The third-order valence-electron chi connectivity index (χ3n) is 1.83. The normalized spacial score (nSPS) is 19.9. The van der Waals surface area contributed by atoms with Crippen LogP contribution in [0, 0.1) is 5.41 Å². The number of hydrogen-bond acceptors (Lipinski definition) is 2. The number of ether oxygens (including phenoxy) is 1. The summed E-state index contributed by atoms with van der Waals surface area (Å²) in [4.78, 5) is 0. The van der Waals surface area contributed by atoms with Crippen molar-refractivity contribution >= 4 is 5.71 Å². The highest BCUT2D eigenvalue weighted by molar-refractivity contribution is 6.12. The first-order valence-corrected chi connectivity index (χ1v) is 4.24. The van der Waals surface area contributed by atoms with Crippen molar-refractivity contribution < 1.29 is 9.13 Å². The van der Waals surface area contributed by atoms with E-state index in [1.165, 1.54) is 19.3 Å². The van der Waals surface area contributed by atoms with Gasteiger partial charge in [-0.25, -0.2) is 4.39 Å². The highest BCUT2D eigenvalue weighted by Crippen LogP contribution is 2.22. The molecule has 1 rings (SSSR count). The van der Waals surface area contributed by atoms with Crippen molar-refractivity contribution in [1.29, 1.82) is 5.41 Å². The predicted octanol–water partition coefficient (Wildman–Crippen LogP) is 2.91. The van der Waals surface area contributed by atoms with Gasteiger partial charge in [-0.2, -0.15) is 0 Å². The van der Waals surface area contributed by atoms with E-state index < -0.39 is 5.83 Å². The Balaban J connectivity index is 3.06. The van der Waals surface area contributed by atoms with Gasteiger partial charge in [0, 0.05) is 5.57 Å². The quantitative estimate of drug-likeness (QED) is 0.718. The maximum Gasteiger partial charge on any atom is 0.144 e. The number of nitrogens with one attached hydrogen (secondary N) is 1. The van der Waals surface area contributed by atoms with Gasteiger partial charge in [0.25, 0.3) is 0 Å². The standard InChI is InChI=1S/C11H12FNO/c1-3-4-5-8-9(12)6-7-10(14-2)11(8)13/h3-7,13H,1-2H3/b4-3-,8-5-,13-11?. The Morgan fingerprint density at radius 2 is 2.14 bits per heavy atom. The first-order chi connectivity index (χ1) is 6.70. The van der Waals surface area contributed by atoms with Crippen LogP contribution in [-0.2, 0) is 4.74 Å². The van der Waals surface area contributed by atoms with Crippen LogP contribution in [0.2, 0.25) is 0 Å². The Morgan fingerprint density at radius 3 is 2.71 bits per heavy atom. The number of rotatable bonds is 2. The first-order valence-electron chi connectivity index (χ1n) is 4.24. The number of halogens is 1. The second-order valence-electron chi connectivity index (χ2n) is 2.73. The van der Waals surface area contributed by atoms with E-state index in [4.69, 9.17) is 10.1 Å². The Hall–Kier alpha value is -1.64. The predicted molar refractivity (Wildman–Crippen MR) is 54.9 cm³/mol. The molecule has 0 saturated carbocycles. The number of hydrogen-bond donors (Lipinski definition) is 1. The molecule has 0 fully saturated rings. The van der Waals surface area contributed by atoms with Crippen molar-refractivity contribution in [3.63, 3.8) is 0 Å². The molecule has 0 saturated heterocycles. The Labute approximate surface area is 82.6 Å². The van der Waals surface area contributed by atoms with Gasteiger partial charge in [0.15, 0.2) is 0 Å². The fraction of sp³-hybridized carbons (Fsp3) is 0.182. The first kappa shape index (κ1) is 10.4. The Kier molecular flexibility index (Phi) is 3.40. The van der Waals surface area contributed by atoms with Gasteiger partial charge >= 0.3 is 0 Å². The molecular weight excluding hydrogens is 181 g/mol. The average molecular weight is 193 g/mol. The van der Waals surface area contributed by atoms with E-state index in [1.807, 2.05) is 6.92 Å². The van der Waals surface area contributed by atoms with Crippen molar-refractivity contribution in [1.82, 2.24) is 0 Å². The van der Waals surface area contributed by atoms with Crippen LogP contribution in [0.3, 0.4) is 0 Å². The largest absolute Gasteiger partial charge is 0.494 e. The molecule has 1 N–H and O–H groups in total. The Bertz CT molecular complexity index is 361. The summed E-state index contributed by atoms with van der Waals surface area (Å²) in [7, 11) is 1.46. The molecule has 0 aromatic carbocycles. The topological polar surface area (TPSA) is 33.1 Å². The van der Waals surface area contributed by atoms with Gasteiger partial charge in [0.05, 0.1) is 7.11 Å². The molecule has 0 radical (unpaired) electrons. The zero-order chi connectivity index (χ0) is 10.6. The lowest BCUT2D eigenvalue weighted by Crippen LogP contribution is -2.10. The van der Waals surface area contributed by atoms with Crippen molar-refractivity contribution in [2.75, 3.05) is 7.11 Å². The van der Waals surface area contributed by atoms with Crippen LogP contribution in [0.4, 0.5) is 4.39 Å². The summed E-state index contributed by atoms with van der Waals surface area (Å²) in [6.45, 7) is 1.83. The minimum Gasteiger partial charge on any atom is -0.494 e. The van der Waals surface area contributed by atoms with E-state index in [9.17, 15) is 4.39 Å². The fourth-order valence-electron chi connectivity index (χ4n) is 1.10. The van der Waals surface area contributed by atoms with Crippen LogP contribution in [0.5, 0.6) is 0 Å². The van der Waals surface area contributed by atoms with E-state index >= 15 is 0 Å². The molecule has 0 spiro atoms. The van der Waals surface area contributed by atoms with Crippen LogP contribution in [0.25, 0.3) is 0 Å². The van der Waals surface area contributed by atoms with Gasteiger partial charge in [0.1, 0.15) is 17.3 Å². The Morgan fingerprint density at radius 1 is 1.43 bits per heavy atom. The van der Waals surface area contributed by atoms with Crippen LogP contribution in [-0.4, -0.2) is 12.8 Å². The smallest absolute Gasteiger partial charge is 0.144 e. The van der Waals surface area contributed by atoms with Crippen LogP contribution < -0.4 is 0 Å². The van der Waals surface area contributed by atoms with Gasteiger partial charge < -0.3 is 4.74 Å². The number of allylic oxidation sites excluding steroid dienone is 7. The molecule has 14 heavy (non-hydrogen) atoms. The lowest BCUT2D eigenvalue weighted by molar-refractivity contribution is 0.314. The van der Waals surface area contributed by atoms with Crippen LogP contribution >= 0.6 is 0 Å². The fourth-order valence-corrected chi connectivity index (χ4v) is 1.10. The number of methoxy groups -OCH3 is 1. The summed E-state index contributed by atoms with van der Waals surface area (Å²) in [5.74, 6) is -0.0314. The summed E-state index contributed by atoms with van der Waals surface area (Å²) in [6, 6.07) is 0. The molecule has 0 aromatic rings. The summed E-state index contributed by atoms with van der Waals surface area (Å²) >= 11 is 0. The molecular formula is C11H12FNO. The van der Waals surface area contributed by atoms with Crippen molar-refractivity contribution in [3.8, 4) is 0 Å². The molecule has 2 nitrogen and oxygen atoms in total. The summed E-state index contributed by atoms with van der Waals surface area (Å²) < 4.78 is 18.2. The molecule has 0 unspecified atom stereocenters. The highest BCUT2D eigenvalue weighted by Gasteiger charge is 2.18. The minimum absolute atomic E-state index is 0.0746. The van der Waals surface area contributed by atoms with Crippen molar-refractivity contribution in [2.45, 2.75) is 6.92 Å². The van der Waals surface area contributed by atoms with E-state index in [1.54, 1.807) is 18.2 Å². The zero-order valence-electron chi connectivity index (χ0n) is 8.17. The van der Waals surface area contributed by atoms with Crippen LogP contribution in [0.15, 0.2) is 47.5 Å². The summed E-state index contributed by atoms with van der Waals surface area (Å²) in [6.07, 6.45) is 7.77. The molecule has 3 heteroatoms. The molecule has 0 bridgehead atoms. The van der Waals surface area contributed by atoms with Gasteiger partial charge in [-0.3, -0.25) is 5.41 Å². The van der Waals surface area contributed by atoms with Gasteiger partial charge in [-0.15, -0.1) is 0 Å². The molecule has 0 aromatic heterocycles. The van der Waals surface area contributed by atoms with Gasteiger partial charge in [-0.05, 0) is 19.1 Å². The zero-order valence-corrected chi connectivity index (χ0v) is 8.17. The lowest BCUT2D eigenvalue weighted by atomic mass is 10.0. The highest BCUT2D eigenvalue weighted by atomic mass is 19.1. The summed E-state index contributed by atoms with van der Waals surface area (Å²) in [5.41, 5.74) is 0.327. The molecule has 74 valence electrons. The maximum atomic E-state index is 13.2. The maximum absolute atomic E-state index is 13.2. The lowest BCUT2D eigenvalue weighted by Gasteiger charge is -2.13. The third-order valence-corrected chi connectivity index (χ3v) is 1.83. The van der Waals surface area contributed by atoms with Gasteiger partial charge in [0.2, 0.25) is 0 Å². The minimum atomic E-state index is -0.408. The monoisotopic (exact) mass is 193 g/mol. The van der Waals surface area contributed by atoms with Crippen molar-refractivity contribution in [2.24, 2.45) is 0 Å². The van der Waals surface area contributed by atoms with E-state index in [2.05, 4.69) is 0 Å². The van der Waals surface area contributed by atoms with E-state index in [-0.39, 0.29) is 11.3 Å². The van der Waals surface area contributed by atoms with Crippen LogP contribution in [0.1, 0.15) is 6.92 Å². The van der Waals surface area contributed by atoms with E-state index in [0.29, 0.717) is 5.76 Å². The molecule has 0 atom stereocenters. The molecule has 0 heterocycles. The third kappa shape index (κ3) is 1.99. The van der Waals surface area contributed by atoms with E-state index in [0.717, 1.165) is 0 Å².